The van der Waals surface area contributed by atoms with Crippen LogP contribution in [0.1, 0.15) is 90.9 Å². The molecule has 0 amide bonds. The number of hydrogen-bond acceptors (Lipinski definition) is 2. The molecule has 2 aliphatic carbocycles. The zero-order valence-corrected chi connectivity index (χ0v) is 15.4. The summed E-state index contributed by atoms with van der Waals surface area (Å²) in [7, 11) is 0. The van der Waals surface area contributed by atoms with E-state index in [4.69, 9.17) is 10.00 Å². The van der Waals surface area contributed by atoms with Gasteiger partial charge in [0.1, 0.15) is 0 Å². The first kappa shape index (κ1) is 18.8. The molecule has 2 heteroatoms. The van der Waals surface area contributed by atoms with E-state index in [9.17, 15) is 0 Å². The molecule has 0 aromatic heterocycles. The van der Waals surface area contributed by atoms with E-state index in [0.717, 1.165) is 37.2 Å². The van der Waals surface area contributed by atoms with Gasteiger partial charge < -0.3 is 4.74 Å². The molecule has 1 atom stereocenters. The van der Waals surface area contributed by atoms with Crippen molar-refractivity contribution in [3.63, 3.8) is 0 Å². The van der Waals surface area contributed by atoms with Crippen LogP contribution >= 0.6 is 0 Å². The van der Waals surface area contributed by atoms with Crippen LogP contribution in [0.5, 0.6) is 0 Å². The maximum absolute atomic E-state index is 9.03. The number of rotatable bonds is 8. The van der Waals surface area contributed by atoms with Gasteiger partial charge in [0.15, 0.2) is 0 Å². The van der Waals surface area contributed by atoms with Crippen LogP contribution in [0.25, 0.3) is 0 Å². The summed E-state index contributed by atoms with van der Waals surface area (Å²) in [6.07, 6.45) is 15.9. The Balaban J connectivity index is 1.63. The quantitative estimate of drug-likeness (QED) is 0.541. The first-order chi connectivity index (χ1) is 11.3. The van der Waals surface area contributed by atoms with E-state index in [1.165, 1.54) is 64.2 Å². The Bertz CT molecular complexity index is 345. The van der Waals surface area contributed by atoms with Gasteiger partial charge in [-0.2, -0.15) is 5.26 Å². The molecule has 0 saturated heterocycles. The van der Waals surface area contributed by atoms with Gasteiger partial charge in [0.2, 0.25) is 0 Å². The van der Waals surface area contributed by atoms with Gasteiger partial charge in [-0.25, -0.2) is 0 Å². The summed E-state index contributed by atoms with van der Waals surface area (Å²) in [6, 6.07) is 2.46. The van der Waals surface area contributed by atoms with Gasteiger partial charge in [-0.05, 0) is 75.5 Å². The average Bonchev–Trinajstić information content (AvgIpc) is 2.62. The second kappa shape index (κ2) is 10.3. The Morgan fingerprint density at radius 3 is 2.09 bits per heavy atom. The van der Waals surface area contributed by atoms with Crippen molar-refractivity contribution in [3.8, 4) is 6.07 Å². The molecule has 0 spiro atoms. The Hall–Kier alpha value is -0.550. The standard InChI is InChI=1S/C21H37NO/c1-3-5-6-17(4-2)16-23-21-13-11-20(12-14-21)19-9-7-18(15-22)8-10-19/h17-21H,3-14,16H2,1-2H3. The predicted molar refractivity (Wildman–Crippen MR) is 96.1 cm³/mol. The van der Waals surface area contributed by atoms with Crippen molar-refractivity contribution in [1.29, 1.82) is 5.26 Å². The maximum atomic E-state index is 9.03. The zero-order chi connectivity index (χ0) is 16.5. The lowest BCUT2D eigenvalue weighted by molar-refractivity contribution is -0.0110. The second-order valence-corrected chi connectivity index (χ2v) is 8.03. The topological polar surface area (TPSA) is 33.0 Å². The molecule has 132 valence electrons. The third-order valence-electron chi connectivity index (χ3n) is 6.45. The third-order valence-corrected chi connectivity index (χ3v) is 6.45. The van der Waals surface area contributed by atoms with Crippen LogP contribution in [0, 0.1) is 35.0 Å². The van der Waals surface area contributed by atoms with Crippen LogP contribution in [0.4, 0.5) is 0 Å². The molecule has 2 saturated carbocycles. The van der Waals surface area contributed by atoms with E-state index < -0.39 is 0 Å². The molecule has 2 aliphatic rings. The highest BCUT2D eigenvalue weighted by atomic mass is 16.5. The van der Waals surface area contributed by atoms with Crippen LogP contribution in [-0.4, -0.2) is 12.7 Å². The molecule has 2 rings (SSSR count). The molecule has 2 nitrogen and oxygen atoms in total. The zero-order valence-electron chi connectivity index (χ0n) is 15.4. The number of nitrogens with zero attached hydrogens (tertiary/aromatic N) is 1. The molecule has 1 unspecified atom stereocenters. The number of nitriles is 1. The maximum Gasteiger partial charge on any atom is 0.0655 e. The summed E-state index contributed by atoms with van der Waals surface area (Å²) >= 11 is 0. The van der Waals surface area contributed by atoms with Crippen LogP contribution in [0.3, 0.4) is 0 Å². The Morgan fingerprint density at radius 1 is 0.957 bits per heavy atom. The Morgan fingerprint density at radius 2 is 1.57 bits per heavy atom. The van der Waals surface area contributed by atoms with E-state index in [1.54, 1.807) is 0 Å². The summed E-state index contributed by atoms with van der Waals surface area (Å²) in [5.74, 6) is 2.93. The van der Waals surface area contributed by atoms with Crippen molar-refractivity contribution >= 4 is 0 Å². The monoisotopic (exact) mass is 319 g/mol. The van der Waals surface area contributed by atoms with Gasteiger partial charge >= 0.3 is 0 Å². The molecule has 0 aliphatic heterocycles. The molecular formula is C21H37NO. The molecule has 0 radical (unpaired) electrons. The normalized spacial score (nSPS) is 33.1. The Kier molecular flexibility index (Phi) is 8.45. The van der Waals surface area contributed by atoms with Crippen LogP contribution in [0.15, 0.2) is 0 Å². The molecular weight excluding hydrogens is 282 g/mol. The largest absolute Gasteiger partial charge is 0.378 e. The van der Waals surface area contributed by atoms with Crippen molar-refractivity contribution in [1.82, 2.24) is 0 Å². The Labute approximate surface area is 144 Å². The van der Waals surface area contributed by atoms with Gasteiger partial charge in [0.05, 0.1) is 12.2 Å². The second-order valence-electron chi connectivity index (χ2n) is 8.03. The summed E-state index contributed by atoms with van der Waals surface area (Å²) in [5, 5.41) is 9.03. The predicted octanol–water partition coefficient (Wildman–Crippen LogP) is 6.11. The SMILES string of the molecule is CCCCC(CC)COC1CCC(C2CCC(C#N)CC2)CC1. The average molecular weight is 320 g/mol. The molecule has 0 aromatic carbocycles. The summed E-state index contributed by atoms with van der Waals surface area (Å²) in [4.78, 5) is 0. The van der Waals surface area contributed by atoms with Crippen molar-refractivity contribution in [2.24, 2.45) is 23.7 Å². The first-order valence-corrected chi connectivity index (χ1v) is 10.3. The lowest BCUT2D eigenvalue weighted by Crippen LogP contribution is -2.29. The third kappa shape index (κ3) is 6.11. The van der Waals surface area contributed by atoms with Gasteiger partial charge in [-0.1, -0.05) is 33.1 Å². The highest BCUT2D eigenvalue weighted by Gasteiger charge is 2.31. The fraction of sp³-hybridized carbons (Fsp3) is 0.952. The van der Waals surface area contributed by atoms with E-state index in [2.05, 4.69) is 19.9 Å². The summed E-state index contributed by atoms with van der Waals surface area (Å²) in [5.41, 5.74) is 0. The van der Waals surface area contributed by atoms with Gasteiger partial charge in [0, 0.05) is 12.5 Å². The van der Waals surface area contributed by atoms with Crippen LogP contribution in [-0.2, 0) is 4.74 Å². The number of ether oxygens (including phenoxy) is 1. The van der Waals surface area contributed by atoms with Crippen molar-refractivity contribution in [3.05, 3.63) is 0 Å². The number of hydrogen-bond donors (Lipinski definition) is 0. The number of unbranched alkanes of at least 4 members (excludes halogenated alkanes) is 1. The summed E-state index contributed by atoms with van der Waals surface area (Å²) < 4.78 is 6.26. The van der Waals surface area contributed by atoms with Crippen molar-refractivity contribution < 1.29 is 4.74 Å². The minimum atomic E-state index is 0.347. The van der Waals surface area contributed by atoms with Crippen LogP contribution in [0.2, 0.25) is 0 Å². The fourth-order valence-electron chi connectivity index (χ4n) is 4.62. The van der Waals surface area contributed by atoms with E-state index in [1.807, 2.05) is 0 Å². The first-order valence-electron chi connectivity index (χ1n) is 10.3. The molecule has 2 fully saturated rings. The molecule has 0 N–H and O–H groups in total. The van der Waals surface area contributed by atoms with E-state index >= 15 is 0 Å². The van der Waals surface area contributed by atoms with E-state index in [-0.39, 0.29) is 0 Å². The van der Waals surface area contributed by atoms with Gasteiger partial charge in [0.25, 0.3) is 0 Å². The molecule has 0 bridgehead atoms. The highest BCUT2D eigenvalue weighted by Crippen LogP contribution is 2.40. The minimum Gasteiger partial charge on any atom is -0.378 e. The van der Waals surface area contributed by atoms with E-state index in [0.29, 0.717) is 12.0 Å². The van der Waals surface area contributed by atoms with Gasteiger partial charge in [-0.3, -0.25) is 0 Å². The van der Waals surface area contributed by atoms with Crippen molar-refractivity contribution in [2.75, 3.05) is 6.61 Å². The molecule has 0 aromatic rings. The highest BCUT2D eigenvalue weighted by molar-refractivity contribution is 4.89. The minimum absolute atomic E-state index is 0.347. The van der Waals surface area contributed by atoms with Gasteiger partial charge in [-0.15, -0.1) is 0 Å². The molecule has 0 heterocycles. The fourth-order valence-corrected chi connectivity index (χ4v) is 4.62. The smallest absolute Gasteiger partial charge is 0.0655 e. The molecule has 23 heavy (non-hydrogen) atoms. The summed E-state index contributed by atoms with van der Waals surface area (Å²) in [6.45, 7) is 5.57. The van der Waals surface area contributed by atoms with Crippen LogP contribution < -0.4 is 0 Å². The lowest BCUT2D eigenvalue weighted by Gasteiger charge is -2.37. The lowest BCUT2D eigenvalue weighted by atomic mass is 9.71. The van der Waals surface area contributed by atoms with Crippen molar-refractivity contribution in [2.45, 2.75) is 97.0 Å².